The van der Waals surface area contributed by atoms with E-state index in [1.807, 2.05) is 0 Å². The van der Waals surface area contributed by atoms with Crippen LogP contribution >= 0.6 is 15.2 Å². The molecular formula is C5H15NO7P2. The van der Waals surface area contributed by atoms with Gasteiger partial charge in [-0.2, -0.15) is 0 Å². The van der Waals surface area contributed by atoms with Crippen molar-refractivity contribution in [3.63, 3.8) is 0 Å². The molecule has 0 aromatic heterocycles. The lowest BCUT2D eigenvalue weighted by atomic mass is 10.2. The first-order valence-corrected chi connectivity index (χ1v) is 7.45. The third-order valence-corrected chi connectivity index (χ3v) is 3.94. The third kappa shape index (κ3) is 6.40. The average molecular weight is 263 g/mol. The number of hydrogen-bond donors (Lipinski definition) is 6. The van der Waals surface area contributed by atoms with Gasteiger partial charge < -0.3 is 30.4 Å². The standard InChI is InChI=1S/C5H15NO7P2/c6-4(14(8,9)10)2-1-3-5(7)15(11,12)13/h4-5,7H,1-3,6H2,(H2,8,9,10)(H2,11,12,13). The topological polar surface area (TPSA) is 161 Å². The smallest absolute Gasteiger partial charge is 0.353 e. The van der Waals surface area contributed by atoms with E-state index in [1.165, 1.54) is 0 Å². The van der Waals surface area contributed by atoms with Crippen molar-refractivity contribution in [3.8, 4) is 0 Å². The van der Waals surface area contributed by atoms with E-state index >= 15 is 0 Å². The second-order valence-corrected chi connectivity index (χ2v) is 6.77. The van der Waals surface area contributed by atoms with Crippen LogP contribution in [0.1, 0.15) is 19.3 Å². The summed E-state index contributed by atoms with van der Waals surface area (Å²) in [6.45, 7) is 0. The van der Waals surface area contributed by atoms with Gasteiger partial charge in [0.25, 0.3) is 0 Å². The van der Waals surface area contributed by atoms with Gasteiger partial charge in [0, 0.05) is 0 Å². The Hall–Kier alpha value is 0.220. The second-order valence-electron chi connectivity index (χ2n) is 3.16. The largest absolute Gasteiger partial charge is 0.380 e. The highest BCUT2D eigenvalue weighted by molar-refractivity contribution is 7.52. The lowest BCUT2D eigenvalue weighted by Gasteiger charge is -2.15. The summed E-state index contributed by atoms with van der Waals surface area (Å²) in [5.41, 5.74) is 5.11. The van der Waals surface area contributed by atoms with Crippen LogP contribution < -0.4 is 5.73 Å². The van der Waals surface area contributed by atoms with Crippen LogP contribution in [0.15, 0.2) is 0 Å². The number of aliphatic hydroxyl groups is 1. The molecular weight excluding hydrogens is 248 g/mol. The number of hydrogen-bond acceptors (Lipinski definition) is 4. The highest BCUT2D eigenvalue weighted by Crippen LogP contribution is 2.43. The van der Waals surface area contributed by atoms with E-state index in [9.17, 15) is 9.13 Å². The molecule has 0 saturated heterocycles. The van der Waals surface area contributed by atoms with Crippen LogP contribution in [0.5, 0.6) is 0 Å². The summed E-state index contributed by atoms with van der Waals surface area (Å²) in [5, 5.41) is 8.90. The number of nitrogens with two attached hydrogens (primary N) is 1. The first-order chi connectivity index (χ1) is 6.55. The summed E-state index contributed by atoms with van der Waals surface area (Å²) in [5.74, 6) is -3.16. The number of rotatable bonds is 6. The molecule has 2 atom stereocenters. The molecule has 10 heteroatoms. The molecule has 0 aliphatic carbocycles. The molecule has 0 spiro atoms. The van der Waals surface area contributed by atoms with Crippen LogP contribution in [-0.2, 0) is 9.13 Å². The SMILES string of the molecule is NC(CCCC(O)P(=O)(O)O)P(=O)(O)O. The molecule has 2 unspecified atom stereocenters. The molecule has 0 fully saturated rings. The quantitative estimate of drug-likeness (QED) is 0.336. The van der Waals surface area contributed by atoms with Crippen LogP contribution in [0.3, 0.4) is 0 Å². The van der Waals surface area contributed by atoms with Gasteiger partial charge in [-0.25, -0.2) is 0 Å². The fraction of sp³-hybridized carbons (Fsp3) is 1.00. The van der Waals surface area contributed by atoms with Gasteiger partial charge in [0.1, 0.15) is 5.78 Å². The maximum Gasteiger partial charge on any atom is 0.353 e. The Kier molecular flexibility index (Phi) is 5.60. The highest BCUT2D eigenvalue weighted by Gasteiger charge is 2.28. The summed E-state index contributed by atoms with van der Waals surface area (Å²) in [6, 6.07) is 0. The minimum Gasteiger partial charge on any atom is -0.380 e. The van der Waals surface area contributed by atoms with Gasteiger partial charge >= 0.3 is 15.2 Å². The van der Waals surface area contributed by atoms with Crippen LogP contribution in [0.4, 0.5) is 0 Å². The van der Waals surface area contributed by atoms with E-state index in [-0.39, 0.29) is 19.3 Å². The van der Waals surface area contributed by atoms with Crippen molar-refractivity contribution in [1.29, 1.82) is 0 Å². The van der Waals surface area contributed by atoms with Gasteiger partial charge in [0.15, 0.2) is 5.85 Å². The van der Waals surface area contributed by atoms with E-state index < -0.39 is 26.8 Å². The van der Waals surface area contributed by atoms with Crippen molar-refractivity contribution >= 4 is 15.2 Å². The Morgan fingerprint density at radius 1 is 1.00 bits per heavy atom. The molecule has 0 aliphatic rings. The Morgan fingerprint density at radius 3 is 1.80 bits per heavy atom. The minimum absolute atomic E-state index is 0.0263. The third-order valence-electron chi connectivity index (χ3n) is 1.78. The molecule has 15 heavy (non-hydrogen) atoms. The van der Waals surface area contributed by atoms with Gasteiger partial charge in [0.2, 0.25) is 0 Å². The van der Waals surface area contributed by atoms with Crippen molar-refractivity contribution in [2.75, 3.05) is 0 Å². The Balaban J connectivity index is 3.92. The van der Waals surface area contributed by atoms with Crippen LogP contribution in [0.2, 0.25) is 0 Å². The van der Waals surface area contributed by atoms with E-state index in [0.717, 1.165) is 0 Å². The molecule has 0 radical (unpaired) electrons. The fourth-order valence-electron chi connectivity index (χ4n) is 0.846. The van der Waals surface area contributed by atoms with Gasteiger partial charge in [0.05, 0.1) is 0 Å². The molecule has 92 valence electrons. The Morgan fingerprint density at radius 2 is 1.47 bits per heavy atom. The predicted octanol–water partition coefficient (Wildman–Crippen LogP) is -0.885. The average Bonchev–Trinajstić information content (AvgIpc) is 2.00. The first-order valence-electron chi connectivity index (χ1n) is 4.09. The maximum atomic E-state index is 10.6. The van der Waals surface area contributed by atoms with Crippen LogP contribution in [-0.4, -0.2) is 36.3 Å². The molecule has 8 nitrogen and oxygen atoms in total. The van der Waals surface area contributed by atoms with E-state index in [2.05, 4.69) is 0 Å². The fourth-order valence-corrected chi connectivity index (χ4v) is 1.88. The lowest BCUT2D eigenvalue weighted by Crippen LogP contribution is -2.20. The Bertz CT molecular complexity index is 255. The normalized spacial score (nSPS) is 17.5. The molecule has 0 amide bonds. The second kappa shape index (κ2) is 5.52. The monoisotopic (exact) mass is 263 g/mol. The molecule has 0 saturated carbocycles. The zero-order chi connectivity index (χ0) is 12.3. The zero-order valence-corrected chi connectivity index (χ0v) is 9.59. The molecule has 0 aliphatic heterocycles. The van der Waals surface area contributed by atoms with Gasteiger partial charge in [-0.05, 0) is 19.3 Å². The van der Waals surface area contributed by atoms with Gasteiger partial charge in [-0.3, -0.25) is 9.13 Å². The summed E-state index contributed by atoms with van der Waals surface area (Å²) in [7, 11) is -8.89. The lowest BCUT2D eigenvalue weighted by molar-refractivity contribution is 0.190. The van der Waals surface area contributed by atoms with E-state index in [4.69, 9.17) is 30.4 Å². The van der Waals surface area contributed by atoms with Crippen molar-refractivity contribution < 1.29 is 33.8 Å². The minimum atomic E-state index is -4.54. The van der Waals surface area contributed by atoms with E-state index in [0.29, 0.717) is 0 Å². The van der Waals surface area contributed by atoms with Gasteiger partial charge in [-0.15, -0.1) is 0 Å². The van der Waals surface area contributed by atoms with E-state index in [1.54, 1.807) is 0 Å². The molecule has 0 aromatic carbocycles. The first kappa shape index (κ1) is 15.2. The molecule has 0 rings (SSSR count). The van der Waals surface area contributed by atoms with Crippen molar-refractivity contribution in [2.24, 2.45) is 5.73 Å². The van der Waals surface area contributed by atoms with Crippen molar-refractivity contribution in [3.05, 3.63) is 0 Å². The van der Waals surface area contributed by atoms with Crippen molar-refractivity contribution in [2.45, 2.75) is 30.9 Å². The highest BCUT2D eigenvalue weighted by atomic mass is 31.2. The summed E-state index contributed by atoms with van der Waals surface area (Å²) in [6.07, 6.45) is -0.335. The molecule has 0 aromatic rings. The molecule has 0 heterocycles. The van der Waals surface area contributed by atoms with Crippen LogP contribution in [0, 0.1) is 0 Å². The van der Waals surface area contributed by atoms with Gasteiger partial charge in [-0.1, -0.05) is 0 Å². The summed E-state index contributed by atoms with van der Waals surface area (Å²) < 4.78 is 21.0. The number of aliphatic hydroxyl groups excluding tert-OH is 1. The summed E-state index contributed by atoms with van der Waals surface area (Å²) >= 11 is 0. The molecule has 0 bridgehead atoms. The maximum absolute atomic E-state index is 10.6. The van der Waals surface area contributed by atoms with Crippen molar-refractivity contribution in [1.82, 2.24) is 0 Å². The van der Waals surface area contributed by atoms with Crippen LogP contribution in [0.25, 0.3) is 0 Å². The summed E-state index contributed by atoms with van der Waals surface area (Å²) in [4.78, 5) is 34.1. The Labute approximate surface area is 86.4 Å². The molecule has 7 N–H and O–H groups in total. The zero-order valence-electron chi connectivity index (χ0n) is 7.80. The predicted molar refractivity (Wildman–Crippen MR) is 51.9 cm³/mol.